The molecule has 1 aliphatic rings. The summed E-state index contributed by atoms with van der Waals surface area (Å²) >= 11 is 0. The van der Waals surface area contributed by atoms with Crippen molar-refractivity contribution < 1.29 is 49.5 Å². The molecule has 0 aromatic rings. The van der Waals surface area contributed by atoms with Crippen molar-refractivity contribution in [2.24, 2.45) is 0 Å². The molecule has 1 fully saturated rings. The van der Waals surface area contributed by atoms with Crippen LogP contribution in [0, 0.1) is 0 Å². The third-order valence-corrected chi connectivity index (χ3v) is 4.83. The molecule has 170 valence electrons. The molecule has 0 aromatic heterocycles. The van der Waals surface area contributed by atoms with Gasteiger partial charge in [-0.1, -0.05) is 12.8 Å². The predicted octanol–water partition coefficient (Wildman–Crippen LogP) is -1.72. The highest BCUT2D eigenvalue weighted by Gasteiger charge is 2.36. The predicted molar refractivity (Wildman–Crippen MR) is 99.2 cm³/mol. The van der Waals surface area contributed by atoms with Gasteiger partial charge in [-0.3, -0.25) is 29.5 Å². The van der Waals surface area contributed by atoms with Gasteiger partial charge in [0.15, 0.2) is 0 Å². The highest BCUT2D eigenvalue weighted by atomic mass is 16.4. The van der Waals surface area contributed by atoms with E-state index in [1.54, 1.807) is 0 Å². The van der Waals surface area contributed by atoms with Crippen LogP contribution in [-0.2, 0) is 24.0 Å². The summed E-state index contributed by atoms with van der Waals surface area (Å²) < 4.78 is 0. The van der Waals surface area contributed by atoms with Gasteiger partial charge in [0, 0.05) is 25.2 Å². The van der Waals surface area contributed by atoms with Gasteiger partial charge < -0.3 is 25.5 Å². The van der Waals surface area contributed by atoms with Crippen LogP contribution in [0.15, 0.2) is 0 Å². The summed E-state index contributed by atoms with van der Waals surface area (Å²) in [6.45, 7) is -1.56. The Morgan fingerprint density at radius 1 is 0.767 bits per heavy atom. The van der Waals surface area contributed by atoms with Crippen LogP contribution in [0.5, 0.6) is 0 Å². The fourth-order valence-electron chi connectivity index (χ4n) is 3.61. The van der Waals surface area contributed by atoms with Gasteiger partial charge in [0.05, 0.1) is 19.6 Å². The average molecular weight is 433 g/mol. The van der Waals surface area contributed by atoms with Gasteiger partial charge in [-0.15, -0.1) is 0 Å². The smallest absolute Gasteiger partial charge is 0.332 e. The van der Waals surface area contributed by atoms with Crippen molar-refractivity contribution in [1.29, 1.82) is 0 Å². The lowest BCUT2D eigenvalue weighted by molar-refractivity contribution is -0.152. The van der Waals surface area contributed by atoms with Crippen LogP contribution in [0.1, 0.15) is 25.7 Å². The molecule has 1 rings (SSSR count). The lowest BCUT2D eigenvalue weighted by Gasteiger charge is -2.41. The Labute approximate surface area is 171 Å². The van der Waals surface area contributed by atoms with E-state index in [2.05, 4.69) is 5.32 Å². The van der Waals surface area contributed by atoms with Crippen LogP contribution in [-0.4, -0.2) is 116 Å². The maximum atomic E-state index is 11.3. The first-order valence-corrected chi connectivity index (χ1v) is 9.34. The number of carboxylic acid groups (broad SMARTS) is 5. The molecule has 2 atom stereocenters. The summed E-state index contributed by atoms with van der Waals surface area (Å²) in [5, 5.41) is 48.0. The molecule has 0 saturated heterocycles. The fraction of sp³-hybridized carbons (Fsp3) is 0.706. The normalized spacial score (nSPS) is 19.2. The molecule has 1 saturated carbocycles. The molecular weight excluding hydrogens is 406 g/mol. The molecule has 2 unspecified atom stereocenters. The van der Waals surface area contributed by atoms with E-state index in [1.807, 2.05) is 0 Å². The van der Waals surface area contributed by atoms with Crippen LogP contribution in [0.2, 0.25) is 0 Å². The number of hydrogen-bond donors (Lipinski definition) is 6. The zero-order valence-electron chi connectivity index (χ0n) is 16.3. The Bertz CT molecular complexity index is 626. The molecule has 6 N–H and O–H groups in total. The number of nitrogens with zero attached hydrogens (tertiary/aromatic N) is 2. The van der Waals surface area contributed by atoms with Crippen molar-refractivity contribution in [3.8, 4) is 0 Å². The molecule has 1 aliphatic carbocycles. The molecule has 0 aromatic carbocycles. The van der Waals surface area contributed by atoms with Crippen molar-refractivity contribution in [1.82, 2.24) is 15.1 Å². The summed E-state index contributed by atoms with van der Waals surface area (Å²) in [5.74, 6) is -6.76. The minimum Gasteiger partial charge on any atom is -0.480 e. The fourth-order valence-corrected chi connectivity index (χ4v) is 3.61. The average Bonchev–Trinajstić information content (AvgIpc) is 2.61. The molecule has 13 nitrogen and oxygen atoms in total. The summed E-state index contributed by atoms with van der Waals surface area (Å²) in [6, 6.07) is -2.96. The number of rotatable bonds is 14. The van der Waals surface area contributed by atoms with Crippen LogP contribution in [0.25, 0.3) is 0 Å². The SMILES string of the molecule is O=C(O)CN(CCN(CC(=O)O)C1CCCCC1NC(C(=O)O)C(=O)O)CC(=O)O. The Morgan fingerprint density at radius 3 is 1.73 bits per heavy atom. The zero-order chi connectivity index (χ0) is 22.8. The second kappa shape index (κ2) is 12.0. The van der Waals surface area contributed by atoms with Crippen molar-refractivity contribution >= 4 is 29.8 Å². The Hall–Kier alpha value is -2.77. The first-order chi connectivity index (χ1) is 14.0. The van der Waals surface area contributed by atoms with Crippen LogP contribution in [0.3, 0.4) is 0 Å². The lowest BCUT2D eigenvalue weighted by Crippen LogP contribution is -2.59. The van der Waals surface area contributed by atoms with E-state index in [1.165, 1.54) is 4.90 Å². The van der Waals surface area contributed by atoms with E-state index >= 15 is 0 Å². The largest absolute Gasteiger partial charge is 0.480 e. The van der Waals surface area contributed by atoms with E-state index in [9.17, 15) is 29.1 Å². The van der Waals surface area contributed by atoms with Crippen molar-refractivity contribution in [3.05, 3.63) is 0 Å². The minimum absolute atomic E-state index is 0.0144. The van der Waals surface area contributed by atoms with Gasteiger partial charge in [-0.2, -0.15) is 0 Å². The first-order valence-electron chi connectivity index (χ1n) is 9.34. The highest BCUT2D eigenvalue weighted by molar-refractivity contribution is 5.97. The van der Waals surface area contributed by atoms with Gasteiger partial charge in [-0.25, -0.2) is 9.59 Å². The van der Waals surface area contributed by atoms with Crippen LogP contribution in [0.4, 0.5) is 0 Å². The summed E-state index contributed by atoms with van der Waals surface area (Å²) in [7, 11) is 0. The number of nitrogens with one attached hydrogen (secondary N) is 1. The molecular formula is C17H27N3O10. The molecule has 30 heavy (non-hydrogen) atoms. The maximum Gasteiger partial charge on any atom is 0.332 e. The topological polar surface area (TPSA) is 205 Å². The van der Waals surface area contributed by atoms with Crippen molar-refractivity contribution in [2.45, 2.75) is 43.8 Å². The summed E-state index contributed by atoms with van der Waals surface area (Å²) in [4.78, 5) is 58.3. The quantitative estimate of drug-likeness (QED) is 0.169. The second-order valence-corrected chi connectivity index (χ2v) is 7.10. The molecule has 0 heterocycles. The monoisotopic (exact) mass is 433 g/mol. The van der Waals surface area contributed by atoms with E-state index in [-0.39, 0.29) is 13.1 Å². The number of carboxylic acids is 5. The Balaban J connectivity index is 2.97. The van der Waals surface area contributed by atoms with Gasteiger partial charge in [0.1, 0.15) is 0 Å². The highest BCUT2D eigenvalue weighted by Crippen LogP contribution is 2.24. The molecule has 0 amide bonds. The second-order valence-electron chi connectivity index (χ2n) is 7.10. The first kappa shape index (κ1) is 25.3. The van der Waals surface area contributed by atoms with Gasteiger partial charge >= 0.3 is 29.8 Å². The van der Waals surface area contributed by atoms with Crippen molar-refractivity contribution in [3.63, 3.8) is 0 Å². The third kappa shape index (κ3) is 8.71. The standard InChI is InChI=1S/C17H27N3O10/c21-12(22)7-19(8-13(23)24)5-6-20(9-14(25)26)11-4-2-1-3-10(11)18-15(16(27)28)17(29)30/h10-11,15,18H,1-9H2,(H,21,22)(H,23,24)(H,25,26)(H,27,28)(H,29,30). The molecule has 0 radical (unpaired) electrons. The Kier molecular flexibility index (Phi) is 10.1. The third-order valence-electron chi connectivity index (χ3n) is 4.83. The molecule has 13 heteroatoms. The number of carbonyl (C=O) groups is 5. The van der Waals surface area contributed by atoms with Gasteiger partial charge in [0.25, 0.3) is 0 Å². The van der Waals surface area contributed by atoms with Crippen LogP contribution >= 0.6 is 0 Å². The molecule has 0 aliphatic heterocycles. The number of hydrogen-bond acceptors (Lipinski definition) is 8. The Morgan fingerprint density at radius 2 is 1.27 bits per heavy atom. The van der Waals surface area contributed by atoms with E-state index in [0.717, 1.165) is 11.3 Å². The van der Waals surface area contributed by atoms with E-state index in [0.29, 0.717) is 19.3 Å². The molecule has 0 spiro atoms. The lowest BCUT2D eigenvalue weighted by atomic mass is 9.88. The van der Waals surface area contributed by atoms with Gasteiger partial charge in [0.2, 0.25) is 6.04 Å². The summed E-state index contributed by atoms with van der Waals surface area (Å²) in [6.07, 6.45) is 2.34. The minimum atomic E-state index is -1.85. The zero-order valence-corrected chi connectivity index (χ0v) is 16.3. The van der Waals surface area contributed by atoms with E-state index < -0.39 is 67.6 Å². The van der Waals surface area contributed by atoms with Crippen LogP contribution < -0.4 is 5.32 Å². The maximum absolute atomic E-state index is 11.3. The molecule has 0 bridgehead atoms. The number of aliphatic carboxylic acids is 5. The van der Waals surface area contributed by atoms with Gasteiger partial charge in [-0.05, 0) is 12.8 Å². The van der Waals surface area contributed by atoms with Crippen molar-refractivity contribution in [2.75, 3.05) is 32.7 Å². The van der Waals surface area contributed by atoms with E-state index in [4.69, 9.17) is 20.4 Å². The summed E-state index contributed by atoms with van der Waals surface area (Å²) in [5.41, 5.74) is 0.